The SMILES string of the molecule is CC(C)NS(=O)(=O)c1cccc(C(=O)Nc2ccccc2C(=O)N(C)C)c1. The number of carbonyl (C=O) groups excluding carboxylic acids is 2. The van der Waals surface area contributed by atoms with Gasteiger partial charge in [-0.3, -0.25) is 9.59 Å². The van der Waals surface area contributed by atoms with Crippen molar-refractivity contribution in [2.75, 3.05) is 19.4 Å². The molecular formula is C19H23N3O4S. The van der Waals surface area contributed by atoms with Crippen molar-refractivity contribution >= 4 is 27.5 Å². The first-order valence-electron chi connectivity index (χ1n) is 8.36. The first-order chi connectivity index (χ1) is 12.6. The highest BCUT2D eigenvalue weighted by Crippen LogP contribution is 2.19. The summed E-state index contributed by atoms with van der Waals surface area (Å²) in [5.74, 6) is -0.751. The molecule has 0 saturated carbocycles. The summed E-state index contributed by atoms with van der Waals surface area (Å²) in [6.07, 6.45) is 0. The van der Waals surface area contributed by atoms with E-state index in [1.165, 1.54) is 29.2 Å². The van der Waals surface area contributed by atoms with Crippen molar-refractivity contribution in [2.24, 2.45) is 0 Å². The molecule has 8 heteroatoms. The third-order valence-corrected chi connectivity index (χ3v) is 5.27. The number of para-hydroxylation sites is 1. The first-order valence-corrected chi connectivity index (χ1v) is 9.84. The minimum atomic E-state index is -3.71. The second-order valence-corrected chi connectivity index (χ2v) is 8.22. The average Bonchev–Trinajstić information content (AvgIpc) is 2.60. The number of rotatable bonds is 6. The Bertz CT molecular complexity index is 953. The predicted octanol–water partition coefficient (Wildman–Crippen LogP) is 2.33. The fourth-order valence-corrected chi connectivity index (χ4v) is 3.69. The highest BCUT2D eigenvalue weighted by molar-refractivity contribution is 7.89. The zero-order valence-corrected chi connectivity index (χ0v) is 16.5. The van der Waals surface area contributed by atoms with Gasteiger partial charge in [0, 0.05) is 25.7 Å². The lowest BCUT2D eigenvalue weighted by Crippen LogP contribution is -2.30. The van der Waals surface area contributed by atoms with E-state index in [2.05, 4.69) is 10.0 Å². The Labute approximate surface area is 159 Å². The molecule has 2 aromatic carbocycles. The molecule has 0 spiro atoms. The van der Waals surface area contributed by atoms with Crippen molar-refractivity contribution < 1.29 is 18.0 Å². The van der Waals surface area contributed by atoms with E-state index in [0.29, 0.717) is 11.3 Å². The number of anilines is 1. The number of nitrogens with zero attached hydrogens (tertiary/aromatic N) is 1. The van der Waals surface area contributed by atoms with Crippen molar-refractivity contribution in [3.63, 3.8) is 0 Å². The number of sulfonamides is 1. The molecule has 27 heavy (non-hydrogen) atoms. The second-order valence-electron chi connectivity index (χ2n) is 6.50. The molecule has 0 aliphatic heterocycles. The highest BCUT2D eigenvalue weighted by Gasteiger charge is 2.19. The zero-order valence-electron chi connectivity index (χ0n) is 15.7. The lowest BCUT2D eigenvalue weighted by atomic mass is 10.1. The van der Waals surface area contributed by atoms with Crippen LogP contribution < -0.4 is 10.0 Å². The normalized spacial score (nSPS) is 11.3. The Morgan fingerprint density at radius 3 is 2.30 bits per heavy atom. The molecule has 0 aliphatic carbocycles. The summed E-state index contributed by atoms with van der Waals surface area (Å²) in [6.45, 7) is 3.43. The molecule has 0 bridgehead atoms. The number of amides is 2. The van der Waals surface area contributed by atoms with Gasteiger partial charge in [-0.05, 0) is 44.2 Å². The summed E-state index contributed by atoms with van der Waals surface area (Å²) in [4.78, 5) is 26.3. The highest BCUT2D eigenvalue weighted by atomic mass is 32.2. The van der Waals surface area contributed by atoms with E-state index in [0.717, 1.165) is 0 Å². The number of hydrogen-bond donors (Lipinski definition) is 2. The van der Waals surface area contributed by atoms with Crippen LogP contribution in [-0.2, 0) is 10.0 Å². The molecule has 2 amide bonds. The van der Waals surface area contributed by atoms with Gasteiger partial charge in [0.15, 0.2) is 0 Å². The van der Waals surface area contributed by atoms with Crippen LogP contribution in [0.15, 0.2) is 53.4 Å². The minimum Gasteiger partial charge on any atom is -0.345 e. The Balaban J connectivity index is 2.31. The van der Waals surface area contributed by atoms with Crippen molar-refractivity contribution in [3.05, 3.63) is 59.7 Å². The standard InChI is InChI=1S/C19H23N3O4S/c1-13(2)21-27(25,26)15-9-7-8-14(12-15)18(23)20-17-11-6-5-10-16(17)19(24)22(3)4/h5-13,21H,1-4H3,(H,20,23). The van der Waals surface area contributed by atoms with Gasteiger partial charge in [0.2, 0.25) is 10.0 Å². The fourth-order valence-electron chi connectivity index (χ4n) is 2.40. The molecule has 0 aromatic heterocycles. The maximum Gasteiger partial charge on any atom is 0.255 e. The van der Waals surface area contributed by atoms with Crippen LogP contribution >= 0.6 is 0 Å². The summed E-state index contributed by atoms with van der Waals surface area (Å²) in [5.41, 5.74) is 0.879. The van der Waals surface area contributed by atoms with E-state index < -0.39 is 15.9 Å². The van der Waals surface area contributed by atoms with Gasteiger partial charge in [0.1, 0.15) is 0 Å². The van der Waals surface area contributed by atoms with E-state index in [4.69, 9.17) is 0 Å². The number of benzene rings is 2. The van der Waals surface area contributed by atoms with Crippen molar-refractivity contribution in [1.82, 2.24) is 9.62 Å². The van der Waals surface area contributed by atoms with Gasteiger partial charge in [-0.1, -0.05) is 18.2 Å². The topological polar surface area (TPSA) is 95.6 Å². The van der Waals surface area contributed by atoms with Crippen LogP contribution in [0.25, 0.3) is 0 Å². The van der Waals surface area contributed by atoms with Crippen LogP contribution in [-0.4, -0.2) is 45.3 Å². The van der Waals surface area contributed by atoms with Gasteiger partial charge < -0.3 is 10.2 Å². The van der Waals surface area contributed by atoms with Crippen LogP contribution in [0.1, 0.15) is 34.6 Å². The van der Waals surface area contributed by atoms with Gasteiger partial charge >= 0.3 is 0 Å². The second kappa shape index (κ2) is 8.32. The van der Waals surface area contributed by atoms with E-state index in [9.17, 15) is 18.0 Å². The molecule has 0 unspecified atom stereocenters. The molecule has 144 valence electrons. The van der Waals surface area contributed by atoms with Crippen molar-refractivity contribution in [2.45, 2.75) is 24.8 Å². The Morgan fingerprint density at radius 2 is 1.67 bits per heavy atom. The molecule has 2 N–H and O–H groups in total. The fraction of sp³-hybridized carbons (Fsp3) is 0.263. The Hall–Kier alpha value is -2.71. The summed E-state index contributed by atoms with van der Waals surface area (Å²) in [7, 11) is -0.468. The van der Waals surface area contributed by atoms with E-state index in [1.54, 1.807) is 52.2 Å². The molecule has 0 heterocycles. The average molecular weight is 389 g/mol. The third kappa shape index (κ3) is 5.15. The van der Waals surface area contributed by atoms with Crippen LogP contribution in [0, 0.1) is 0 Å². The van der Waals surface area contributed by atoms with Crippen LogP contribution in [0.5, 0.6) is 0 Å². The molecule has 2 aromatic rings. The monoisotopic (exact) mass is 389 g/mol. The molecule has 0 radical (unpaired) electrons. The minimum absolute atomic E-state index is 0.00139. The summed E-state index contributed by atoms with van der Waals surface area (Å²) in [6, 6.07) is 12.1. The lowest BCUT2D eigenvalue weighted by Gasteiger charge is -2.15. The van der Waals surface area contributed by atoms with E-state index in [1.807, 2.05) is 0 Å². The van der Waals surface area contributed by atoms with Gasteiger partial charge in [-0.2, -0.15) is 0 Å². The molecule has 0 fully saturated rings. The number of carbonyl (C=O) groups is 2. The first kappa shape index (κ1) is 20.6. The molecule has 0 saturated heterocycles. The Morgan fingerprint density at radius 1 is 1.00 bits per heavy atom. The zero-order chi connectivity index (χ0) is 20.2. The lowest BCUT2D eigenvalue weighted by molar-refractivity contribution is 0.0828. The van der Waals surface area contributed by atoms with Crippen LogP contribution in [0.2, 0.25) is 0 Å². The van der Waals surface area contributed by atoms with Crippen molar-refractivity contribution in [1.29, 1.82) is 0 Å². The third-order valence-electron chi connectivity index (χ3n) is 3.61. The quantitative estimate of drug-likeness (QED) is 0.793. The van der Waals surface area contributed by atoms with E-state index >= 15 is 0 Å². The van der Waals surface area contributed by atoms with Gasteiger partial charge in [-0.25, -0.2) is 13.1 Å². The number of hydrogen-bond acceptors (Lipinski definition) is 4. The predicted molar refractivity (Wildman–Crippen MR) is 104 cm³/mol. The van der Waals surface area contributed by atoms with Crippen molar-refractivity contribution in [3.8, 4) is 0 Å². The molecule has 0 aliphatic rings. The van der Waals surface area contributed by atoms with Gasteiger partial charge in [-0.15, -0.1) is 0 Å². The molecular weight excluding hydrogens is 366 g/mol. The Kier molecular flexibility index (Phi) is 6.35. The summed E-state index contributed by atoms with van der Waals surface area (Å²) >= 11 is 0. The molecule has 2 rings (SSSR count). The number of nitrogens with one attached hydrogen (secondary N) is 2. The van der Waals surface area contributed by atoms with Crippen LogP contribution in [0.4, 0.5) is 5.69 Å². The summed E-state index contributed by atoms with van der Waals surface area (Å²) < 4.78 is 27.1. The maximum absolute atomic E-state index is 12.6. The summed E-state index contributed by atoms with van der Waals surface area (Å²) in [5, 5.41) is 2.68. The molecule has 0 atom stereocenters. The largest absolute Gasteiger partial charge is 0.345 e. The molecule has 7 nitrogen and oxygen atoms in total. The van der Waals surface area contributed by atoms with Gasteiger partial charge in [0.05, 0.1) is 16.1 Å². The van der Waals surface area contributed by atoms with Gasteiger partial charge in [0.25, 0.3) is 11.8 Å². The smallest absolute Gasteiger partial charge is 0.255 e. The maximum atomic E-state index is 12.6. The van der Waals surface area contributed by atoms with Crippen LogP contribution in [0.3, 0.4) is 0 Å². The van der Waals surface area contributed by atoms with E-state index in [-0.39, 0.29) is 22.4 Å².